The van der Waals surface area contributed by atoms with E-state index in [9.17, 15) is 14.7 Å². The molecule has 3 atom stereocenters. The number of halogens is 1. The Balaban J connectivity index is 1.67. The Morgan fingerprint density at radius 3 is 2.69 bits per heavy atom. The molecule has 2 aliphatic rings. The number of hydrogen-bond donors (Lipinski definition) is 2. The van der Waals surface area contributed by atoms with E-state index >= 15 is 0 Å². The molecule has 0 radical (unpaired) electrons. The van der Waals surface area contributed by atoms with E-state index in [4.69, 9.17) is 14.2 Å². The number of para-hydroxylation sites is 1. The second-order valence-electron chi connectivity index (χ2n) is 9.18. The van der Waals surface area contributed by atoms with Gasteiger partial charge in [0.15, 0.2) is 0 Å². The summed E-state index contributed by atoms with van der Waals surface area (Å²) in [5.41, 5.74) is 0.781. The minimum absolute atomic E-state index is 0.0246. The van der Waals surface area contributed by atoms with Gasteiger partial charge in [-0.15, -0.1) is 11.3 Å². The number of nitrogens with zero attached hydrogens (tertiary/aromatic N) is 2. The molecule has 36 heavy (non-hydrogen) atoms. The van der Waals surface area contributed by atoms with Crippen LogP contribution in [0.15, 0.2) is 37.6 Å². The van der Waals surface area contributed by atoms with Crippen LogP contribution in [0, 0.1) is 6.92 Å². The molecule has 0 amide bonds. The third-order valence-electron chi connectivity index (χ3n) is 7.03. The zero-order chi connectivity index (χ0) is 25.4. The number of nitrogens with one attached hydrogen (secondary N) is 1. The highest BCUT2D eigenvalue weighted by Gasteiger charge is 2.33. The quantitative estimate of drug-likeness (QED) is 0.443. The van der Waals surface area contributed by atoms with Gasteiger partial charge in [0.1, 0.15) is 22.9 Å². The molecule has 0 aliphatic carbocycles. The summed E-state index contributed by atoms with van der Waals surface area (Å²) in [6, 6.07) is 7.00. The fourth-order valence-corrected chi connectivity index (χ4v) is 6.78. The Hall–Kier alpha value is -2.02. The molecule has 3 aromatic rings. The molecule has 9 nitrogen and oxygen atoms in total. The summed E-state index contributed by atoms with van der Waals surface area (Å²) in [6.45, 7) is 3.84. The van der Waals surface area contributed by atoms with Crippen molar-refractivity contribution in [1.82, 2.24) is 14.5 Å². The van der Waals surface area contributed by atoms with E-state index in [2.05, 4.69) is 21.2 Å². The summed E-state index contributed by atoms with van der Waals surface area (Å²) in [5, 5.41) is 13.9. The Morgan fingerprint density at radius 1 is 1.25 bits per heavy atom. The van der Waals surface area contributed by atoms with Crippen molar-refractivity contribution in [2.45, 2.75) is 57.2 Å². The molecule has 2 aliphatic heterocycles. The molecule has 1 aromatic carbocycles. The Bertz CT molecular complexity index is 1360. The molecule has 194 valence electrons. The standard InChI is InChI=1S/C25H30BrN3O6S/c1-14-20-23(31)29(17-7-10-27-22(17)30)25(32)28(24(20)36-21(14)26)13-19(35-15-8-11-34-12-9-15)16-5-3-4-6-18(16)33-2/h3-6,15,17,19,22,27,30H,7-13H2,1-2H3/t17?,19-,22?/m0/s1. The van der Waals surface area contributed by atoms with Crippen molar-refractivity contribution >= 4 is 37.5 Å². The van der Waals surface area contributed by atoms with E-state index in [-0.39, 0.29) is 18.2 Å². The minimum Gasteiger partial charge on any atom is -0.496 e. The number of aromatic nitrogens is 2. The summed E-state index contributed by atoms with van der Waals surface area (Å²) >= 11 is 4.92. The summed E-state index contributed by atoms with van der Waals surface area (Å²) in [6.07, 6.45) is 0.526. The number of fused-ring (bicyclic) bond motifs is 1. The molecule has 4 heterocycles. The lowest BCUT2D eigenvalue weighted by atomic mass is 10.1. The highest BCUT2D eigenvalue weighted by atomic mass is 79.9. The van der Waals surface area contributed by atoms with Gasteiger partial charge in [0.05, 0.1) is 35.0 Å². The summed E-state index contributed by atoms with van der Waals surface area (Å²) in [4.78, 5) is 28.1. The van der Waals surface area contributed by atoms with E-state index in [0.29, 0.717) is 42.1 Å². The maximum atomic E-state index is 13.9. The number of aryl methyl sites for hydroxylation is 1. The fraction of sp³-hybridized carbons (Fsp3) is 0.520. The second-order valence-corrected chi connectivity index (χ2v) is 11.5. The van der Waals surface area contributed by atoms with Gasteiger partial charge in [0.25, 0.3) is 5.56 Å². The summed E-state index contributed by atoms with van der Waals surface area (Å²) in [7, 11) is 1.61. The van der Waals surface area contributed by atoms with E-state index < -0.39 is 24.1 Å². The Labute approximate surface area is 220 Å². The molecule has 0 bridgehead atoms. The van der Waals surface area contributed by atoms with Gasteiger partial charge >= 0.3 is 5.69 Å². The molecule has 2 N–H and O–H groups in total. The zero-order valence-corrected chi connectivity index (χ0v) is 22.6. The lowest BCUT2D eigenvalue weighted by molar-refractivity contribution is -0.0753. The van der Waals surface area contributed by atoms with Gasteiger partial charge in [0, 0.05) is 18.8 Å². The van der Waals surface area contributed by atoms with Crippen LogP contribution in [0.4, 0.5) is 0 Å². The van der Waals surface area contributed by atoms with Crippen LogP contribution in [0.5, 0.6) is 5.75 Å². The second kappa shape index (κ2) is 10.8. The predicted molar refractivity (Wildman–Crippen MR) is 141 cm³/mol. The van der Waals surface area contributed by atoms with Crippen molar-refractivity contribution in [3.05, 3.63) is 60.0 Å². The predicted octanol–water partition coefficient (Wildman–Crippen LogP) is 3.09. The topological polar surface area (TPSA) is 104 Å². The molecule has 5 rings (SSSR count). The SMILES string of the molecule is COc1ccccc1[C@H](Cn1c(=O)n(C2CCNC2O)c(=O)c2c(C)c(Br)sc21)OC1CCOCC1. The van der Waals surface area contributed by atoms with Gasteiger partial charge in [0.2, 0.25) is 0 Å². The summed E-state index contributed by atoms with van der Waals surface area (Å²) in [5.74, 6) is 0.672. The minimum atomic E-state index is -0.966. The number of aliphatic hydroxyl groups excluding tert-OH is 1. The average Bonchev–Trinajstić information content (AvgIpc) is 3.44. The van der Waals surface area contributed by atoms with Gasteiger partial charge in [-0.05, 0) is 60.3 Å². The van der Waals surface area contributed by atoms with E-state index in [1.807, 2.05) is 31.2 Å². The molecule has 11 heteroatoms. The van der Waals surface area contributed by atoms with Gasteiger partial charge in [-0.2, -0.15) is 0 Å². The van der Waals surface area contributed by atoms with E-state index in [0.717, 1.165) is 27.8 Å². The van der Waals surface area contributed by atoms with Crippen molar-refractivity contribution in [3.63, 3.8) is 0 Å². The first-order chi connectivity index (χ1) is 17.4. The first-order valence-electron chi connectivity index (χ1n) is 12.1. The van der Waals surface area contributed by atoms with Gasteiger partial charge in [-0.1, -0.05) is 18.2 Å². The number of thiophene rings is 1. The number of aliphatic hydroxyl groups is 1. The summed E-state index contributed by atoms with van der Waals surface area (Å²) < 4.78 is 21.4. The molecule has 2 saturated heterocycles. The van der Waals surface area contributed by atoms with Crippen LogP contribution in [0.2, 0.25) is 0 Å². The smallest absolute Gasteiger partial charge is 0.332 e. The Kier molecular flexibility index (Phi) is 7.66. The monoisotopic (exact) mass is 579 g/mol. The third kappa shape index (κ3) is 4.68. The molecule has 0 saturated carbocycles. The van der Waals surface area contributed by atoms with Gasteiger partial charge in [-0.3, -0.25) is 19.2 Å². The van der Waals surface area contributed by atoms with Crippen LogP contribution in [-0.2, 0) is 16.0 Å². The molecular weight excluding hydrogens is 550 g/mol. The zero-order valence-electron chi connectivity index (χ0n) is 20.2. The van der Waals surface area contributed by atoms with Crippen molar-refractivity contribution < 1.29 is 19.3 Å². The maximum absolute atomic E-state index is 13.9. The van der Waals surface area contributed by atoms with Crippen molar-refractivity contribution in [1.29, 1.82) is 0 Å². The molecule has 2 fully saturated rings. The number of benzene rings is 1. The third-order valence-corrected chi connectivity index (χ3v) is 9.22. The highest BCUT2D eigenvalue weighted by molar-refractivity contribution is 9.11. The number of ether oxygens (including phenoxy) is 3. The molecule has 2 aromatic heterocycles. The Morgan fingerprint density at radius 2 is 2.00 bits per heavy atom. The van der Waals surface area contributed by atoms with Gasteiger partial charge in [-0.25, -0.2) is 4.79 Å². The molecular formula is C25H30BrN3O6S. The highest BCUT2D eigenvalue weighted by Crippen LogP contribution is 2.36. The molecule has 2 unspecified atom stereocenters. The number of hydrogen-bond acceptors (Lipinski definition) is 8. The van der Waals surface area contributed by atoms with Crippen molar-refractivity contribution in [3.8, 4) is 5.75 Å². The lowest BCUT2D eigenvalue weighted by Gasteiger charge is -2.29. The van der Waals surface area contributed by atoms with Crippen LogP contribution >= 0.6 is 27.3 Å². The van der Waals surface area contributed by atoms with E-state index in [1.165, 1.54) is 15.9 Å². The molecule has 0 spiro atoms. The number of rotatable bonds is 7. The van der Waals surface area contributed by atoms with E-state index in [1.54, 1.807) is 11.7 Å². The van der Waals surface area contributed by atoms with Crippen LogP contribution in [0.25, 0.3) is 10.2 Å². The fourth-order valence-electron chi connectivity index (χ4n) is 5.09. The maximum Gasteiger partial charge on any atom is 0.332 e. The lowest BCUT2D eigenvalue weighted by Crippen LogP contribution is -2.46. The largest absolute Gasteiger partial charge is 0.496 e. The van der Waals surface area contributed by atoms with Gasteiger partial charge < -0.3 is 19.3 Å². The first kappa shape index (κ1) is 25.6. The van der Waals surface area contributed by atoms with Crippen LogP contribution in [-0.4, -0.2) is 53.4 Å². The average molecular weight is 581 g/mol. The van der Waals surface area contributed by atoms with Crippen LogP contribution in [0.1, 0.15) is 42.5 Å². The van der Waals surface area contributed by atoms with Crippen LogP contribution < -0.4 is 21.3 Å². The van der Waals surface area contributed by atoms with Crippen molar-refractivity contribution in [2.24, 2.45) is 0 Å². The van der Waals surface area contributed by atoms with Crippen LogP contribution in [0.3, 0.4) is 0 Å². The normalized spacial score (nSPS) is 21.8. The number of methoxy groups -OCH3 is 1. The van der Waals surface area contributed by atoms with Crippen molar-refractivity contribution in [2.75, 3.05) is 26.9 Å². The first-order valence-corrected chi connectivity index (χ1v) is 13.7.